The number of aromatic amines is 1. The molecule has 220 valence electrons. The predicted octanol–water partition coefficient (Wildman–Crippen LogP) is -2.47. The Morgan fingerprint density at radius 1 is 1.07 bits per heavy atom. The molecule has 6 heterocycles. The van der Waals surface area contributed by atoms with Crippen molar-refractivity contribution in [2.75, 3.05) is 24.7 Å². The molecule has 6 rings (SSSR count). The molecule has 0 aliphatic carbocycles. The van der Waals surface area contributed by atoms with Gasteiger partial charge in [-0.15, -0.1) is 0 Å². The van der Waals surface area contributed by atoms with Crippen LogP contribution < -0.4 is 17.0 Å². The number of aliphatic hydroxyl groups is 3. The van der Waals surface area contributed by atoms with Crippen molar-refractivity contribution in [3.05, 3.63) is 29.3 Å². The standard InChI is InChI=1S/C20H25N10O10P/c21-15-11-16(24-4-23-15)29(5-25-11)10-1-7(32)9(38-10)3-37-41(35,36)40-14-13(33)8(2-31)39-19(14)30-6-26-12-17(30)27-20(22)28-18(12)34/h4-10,13-14,19,31-33H,1-3H2,(H,35,36)(H2,21,23,24)(H3,22,27,28,34)/t7-,8+,9+,10+,13+,14+,19+/m0/s1. The highest BCUT2D eigenvalue weighted by Gasteiger charge is 2.49. The van der Waals surface area contributed by atoms with Crippen LogP contribution in [0.15, 0.2) is 23.8 Å². The zero-order chi connectivity index (χ0) is 29.1. The number of anilines is 2. The van der Waals surface area contributed by atoms with Gasteiger partial charge < -0.3 is 41.2 Å². The van der Waals surface area contributed by atoms with Gasteiger partial charge in [0.2, 0.25) is 5.95 Å². The minimum atomic E-state index is -4.95. The van der Waals surface area contributed by atoms with Crippen LogP contribution in [-0.4, -0.2) is 103 Å². The van der Waals surface area contributed by atoms with E-state index in [9.17, 15) is 29.6 Å². The monoisotopic (exact) mass is 596 g/mol. The second-order valence-electron chi connectivity index (χ2n) is 9.36. The summed E-state index contributed by atoms with van der Waals surface area (Å²) < 4.78 is 37.5. The van der Waals surface area contributed by atoms with Crippen LogP contribution in [0.1, 0.15) is 18.9 Å². The van der Waals surface area contributed by atoms with Gasteiger partial charge in [0, 0.05) is 6.42 Å². The first kappa shape index (κ1) is 27.6. The molecule has 9 N–H and O–H groups in total. The third kappa shape index (κ3) is 4.94. The van der Waals surface area contributed by atoms with Crippen LogP contribution in [0.4, 0.5) is 11.8 Å². The van der Waals surface area contributed by atoms with Crippen LogP contribution in [0.2, 0.25) is 0 Å². The number of nitrogens with zero attached hydrogens (tertiary/aromatic N) is 7. The summed E-state index contributed by atoms with van der Waals surface area (Å²) in [5.74, 6) is -0.0664. The second-order valence-corrected chi connectivity index (χ2v) is 10.8. The van der Waals surface area contributed by atoms with Gasteiger partial charge in [0.15, 0.2) is 28.9 Å². The number of rotatable bonds is 8. The van der Waals surface area contributed by atoms with Crippen molar-refractivity contribution in [3.63, 3.8) is 0 Å². The Labute approximate surface area is 228 Å². The first-order chi connectivity index (χ1) is 19.6. The maximum absolute atomic E-state index is 13.0. The number of ether oxygens (including phenoxy) is 2. The lowest BCUT2D eigenvalue weighted by Gasteiger charge is -2.25. The third-order valence-corrected chi connectivity index (χ3v) is 7.76. The highest BCUT2D eigenvalue weighted by molar-refractivity contribution is 7.47. The fourth-order valence-electron chi connectivity index (χ4n) is 4.80. The van der Waals surface area contributed by atoms with Gasteiger partial charge in [-0.05, 0) is 0 Å². The largest absolute Gasteiger partial charge is 0.472 e. The Morgan fingerprint density at radius 2 is 1.83 bits per heavy atom. The number of imidazole rings is 2. The predicted molar refractivity (Wildman–Crippen MR) is 134 cm³/mol. The summed E-state index contributed by atoms with van der Waals surface area (Å²) in [6, 6.07) is 0. The highest BCUT2D eigenvalue weighted by Crippen LogP contribution is 2.50. The van der Waals surface area contributed by atoms with E-state index in [0.29, 0.717) is 11.2 Å². The molecular formula is C20H25N10O10P. The molecule has 20 nitrogen and oxygen atoms in total. The number of phosphoric ester groups is 1. The number of nitrogens with one attached hydrogen (secondary N) is 1. The van der Waals surface area contributed by atoms with E-state index in [4.69, 9.17) is 30.0 Å². The molecule has 2 fully saturated rings. The summed E-state index contributed by atoms with van der Waals surface area (Å²) in [6.07, 6.45) is -4.79. The minimum absolute atomic E-state index is 0.0584. The Bertz CT molecular complexity index is 1690. The maximum Gasteiger partial charge on any atom is 0.472 e. The van der Waals surface area contributed by atoms with Crippen molar-refractivity contribution in [3.8, 4) is 0 Å². The summed E-state index contributed by atoms with van der Waals surface area (Å²) in [7, 11) is -4.95. The van der Waals surface area contributed by atoms with E-state index in [1.165, 1.54) is 17.2 Å². The van der Waals surface area contributed by atoms with E-state index in [2.05, 4.69) is 29.9 Å². The van der Waals surface area contributed by atoms with Gasteiger partial charge in [-0.25, -0.2) is 24.5 Å². The smallest absolute Gasteiger partial charge is 0.394 e. The van der Waals surface area contributed by atoms with Gasteiger partial charge in [0.25, 0.3) is 5.56 Å². The number of nitrogen functional groups attached to an aromatic ring is 2. The zero-order valence-corrected chi connectivity index (χ0v) is 21.8. The van der Waals surface area contributed by atoms with Gasteiger partial charge >= 0.3 is 7.82 Å². The number of hydrogen-bond acceptors (Lipinski definition) is 16. The second kappa shape index (κ2) is 10.4. The first-order valence-electron chi connectivity index (χ1n) is 12.1. The van der Waals surface area contributed by atoms with Crippen molar-refractivity contribution < 1.29 is 43.3 Å². The number of fused-ring (bicyclic) bond motifs is 2. The van der Waals surface area contributed by atoms with Gasteiger partial charge in [-0.2, -0.15) is 4.98 Å². The minimum Gasteiger partial charge on any atom is -0.394 e. The van der Waals surface area contributed by atoms with E-state index in [0.717, 1.165) is 6.33 Å². The number of aliphatic hydroxyl groups excluding tert-OH is 3. The molecule has 0 amide bonds. The highest BCUT2D eigenvalue weighted by atomic mass is 31.2. The molecular weight excluding hydrogens is 571 g/mol. The molecule has 41 heavy (non-hydrogen) atoms. The Kier molecular flexibility index (Phi) is 6.96. The van der Waals surface area contributed by atoms with Crippen LogP contribution in [0.25, 0.3) is 22.3 Å². The molecule has 0 radical (unpaired) electrons. The molecule has 0 bridgehead atoms. The van der Waals surface area contributed by atoms with Crippen LogP contribution in [0.5, 0.6) is 0 Å². The van der Waals surface area contributed by atoms with E-state index in [1.807, 2.05) is 0 Å². The molecule has 2 aliphatic rings. The van der Waals surface area contributed by atoms with Gasteiger partial charge in [0.05, 0.1) is 32.0 Å². The molecule has 2 saturated heterocycles. The summed E-state index contributed by atoms with van der Waals surface area (Å²) >= 11 is 0. The molecule has 4 aromatic heterocycles. The topological polar surface area (TPSA) is 294 Å². The lowest BCUT2D eigenvalue weighted by atomic mass is 10.1. The average molecular weight is 596 g/mol. The fourth-order valence-corrected chi connectivity index (χ4v) is 5.74. The van der Waals surface area contributed by atoms with E-state index in [-0.39, 0.29) is 29.4 Å². The molecule has 4 aromatic rings. The Morgan fingerprint density at radius 3 is 2.61 bits per heavy atom. The molecule has 8 atom stereocenters. The molecule has 21 heteroatoms. The van der Waals surface area contributed by atoms with E-state index in [1.54, 1.807) is 4.57 Å². The average Bonchev–Trinajstić information content (AvgIpc) is 3.69. The van der Waals surface area contributed by atoms with Crippen molar-refractivity contribution in [1.29, 1.82) is 0 Å². The Hall–Kier alpha value is -3.59. The SMILES string of the molecule is Nc1nc2c(ncn2[C@@H]2O[C@H](CO)[C@@H](O)[C@H]2OP(=O)(O)OC[C@H]2O[C@@H](n3cnc4c(N)ncnc43)C[C@@H]2O)c(=O)[nH]1. The first-order valence-corrected chi connectivity index (χ1v) is 13.6. The molecule has 1 unspecified atom stereocenters. The van der Waals surface area contributed by atoms with Gasteiger partial charge in [0.1, 0.15) is 42.5 Å². The van der Waals surface area contributed by atoms with Crippen LogP contribution >= 0.6 is 7.82 Å². The summed E-state index contributed by atoms with van der Waals surface area (Å²) in [5.41, 5.74) is 11.3. The zero-order valence-electron chi connectivity index (χ0n) is 20.9. The van der Waals surface area contributed by atoms with Gasteiger partial charge in [-0.3, -0.25) is 28.0 Å². The summed E-state index contributed by atoms with van der Waals surface area (Å²) in [4.78, 5) is 45.1. The number of H-pyrrole nitrogens is 1. The van der Waals surface area contributed by atoms with Crippen molar-refractivity contribution >= 4 is 41.9 Å². The van der Waals surface area contributed by atoms with Crippen LogP contribution in [0, 0.1) is 0 Å². The summed E-state index contributed by atoms with van der Waals surface area (Å²) in [5, 5.41) is 30.9. The Balaban J connectivity index is 1.17. The van der Waals surface area contributed by atoms with Crippen molar-refractivity contribution in [2.24, 2.45) is 0 Å². The molecule has 0 saturated carbocycles. The molecule has 0 spiro atoms. The normalized spacial score (nSPS) is 29.9. The third-order valence-electron chi connectivity index (χ3n) is 6.78. The number of nitrogens with two attached hydrogens (primary N) is 2. The maximum atomic E-state index is 13.0. The van der Waals surface area contributed by atoms with Gasteiger partial charge in [-0.1, -0.05) is 0 Å². The number of phosphoric acid groups is 1. The van der Waals surface area contributed by atoms with Crippen LogP contribution in [0.3, 0.4) is 0 Å². The lowest BCUT2D eigenvalue weighted by molar-refractivity contribution is -0.0593. The summed E-state index contributed by atoms with van der Waals surface area (Å²) in [6.45, 7) is -1.24. The van der Waals surface area contributed by atoms with Crippen LogP contribution in [-0.2, 0) is 23.1 Å². The van der Waals surface area contributed by atoms with Crippen molar-refractivity contribution in [2.45, 2.75) is 49.4 Å². The number of aromatic nitrogens is 8. The van der Waals surface area contributed by atoms with Crippen molar-refractivity contribution in [1.82, 2.24) is 39.0 Å². The van der Waals surface area contributed by atoms with E-state index < -0.39 is 69.6 Å². The molecule has 2 aliphatic heterocycles. The molecule has 0 aromatic carbocycles. The number of hydrogen-bond donors (Lipinski definition) is 7. The van der Waals surface area contributed by atoms with E-state index >= 15 is 0 Å². The lowest BCUT2D eigenvalue weighted by Crippen LogP contribution is -2.35. The fraction of sp³-hybridized carbons (Fsp3) is 0.500. The quantitative estimate of drug-likeness (QED) is 0.104.